The Kier molecular flexibility index (Phi) is 4.88. The number of nitrogens with one attached hydrogen (secondary N) is 1. The molecule has 110 valence electrons. The maximum atomic E-state index is 12.3. The van der Waals surface area contributed by atoms with Gasteiger partial charge >= 0.3 is 0 Å². The van der Waals surface area contributed by atoms with E-state index in [1.54, 1.807) is 19.2 Å². The summed E-state index contributed by atoms with van der Waals surface area (Å²) in [7, 11) is 1.54. The summed E-state index contributed by atoms with van der Waals surface area (Å²) in [5, 5.41) is 12.8. The third-order valence-corrected chi connectivity index (χ3v) is 4.14. The fourth-order valence-corrected chi connectivity index (χ4v) is 2.88. The lowest BCUT2D eigenvalue weighted by molar-refractivity contribution is 0.0916. The molecular weight excluding hydrogens is 254 g/mol. The standard InChI is InChI=1S/C16H23NO3/c1-3-11-5-4-6-12(9-11)17-16(19)14-10-13(20-2)7-8-15(14)18/h7-8,10-12,18H,3-6,9H2,1-2H3,(H,17,19). The summed E-state index contributed by atoms with van der Waals surface area (Å²) >= 11 is 0. The van der Waals surface area contributed by atoms with Crippen molar-refractivity contribution in [2.45, 2.75) is 45.1 Å². The van der Waals surface area contributed by atoms with Crippen molar-refractivity contribution in [2.75, 3.05) is 7.11 Å². The van der Waals surface area contributed by atoms with E-state index in [2.05, 4.69) is 12.2 Å². The van der Waals surface area contributed by atoms with E-state index in [1.807, 2.05) is 0 Å². The highest BCUT2D eigenvalue weighted by Crippen LogP contribution is 2.28. The van der Waals surface area contributed by atoms with E-state index in [-0.39, 0.29) is 23.3 Å². The second-order valence-corrected chi connectivity index (χ2v) is 5.49. The lowest BCUT2D eigenvalue weighted by Gasteiger charge is -2.29. The Bertz CT molecular complexity index is 473. The fourth-order valence-electron chi connectivity index (χ4n) is 2.88. The van der Waals surface area contributed by atoms with Gasteiger partial charge in [0, 0.05) is 6.04 Å². The maximum absolute atomic E-state index is 12.3. The van der Waals surface area contributed by atoms with Gasteiger partial charge in [-0.3, -0.25) is 4.79 Å². The molecule has 2 rings (SSSR count). The van der Waals surface area contributed by atoms with Crippen molar-refractivity contribution in [1.29, 1.82) is 0 Å². The molecule has 0 radical (unpaired) electrons. The summed E-state index contributed by atoms with van der Waals surface area (Å²) in [5.74, 6) is 1.05. The Labute approximate surface area is 120 Å². The Morgan fingerprint density at radius 2 is 2.25 bits per heavy atom. The van der Waals surface area contributed by atoms with Crippen LogP contribution in [0.2, 0.25) is 0 Å². The first kappa shape index (κ1) is 14.7. The minimum absolute atomic E-state index is 0.00819. The van der Waals surface area contributed by atoms with Gasteiger partial charge in [0.2, 0.25) is 0 Å². The number of rotatable bonds is 4. The van der Waals surface area contributed by atoms with Gasteiger partial charge in [0.1, 0.15) is 11.5 Å². The van der Waals surface area contributed by atoms with Crippen LogP contribution in [0.25, 0.3) is 0 Å². The van der Waals surface area contributed by atoms with Crippen molar-refractivity contribution in [1.82, 2.24) is 5.32 Å². The fraction of sp³-hybridized carbons (Fsp3) is 0.562. The van der Waals surface area contributed by atoms with E-state index in [4.69, 9.17) is 4.74 Å². The molecule has 1 aliphatic rings. The highest BCUT2D eigenvalue weighted by atomic mass is 16.5. The third kappa shape index (κ3) is 3.44. The Morgan fingerprint density at radius 1 is 1.45 bits per heavy atom. The number of carbonyl (C=O) groups is 1. The predicted molar refractivity (Wildman–Crippen MR) is 78.2 cm³/mol. The predicted octanol–water partition coefficient (Wildman–Crippen LogP) is 3.10. The summed E-state index contributed by atoms with van der Waals surface area (Å²) in [6.45, 7) is 2.20. The molecule has 2 atom stereocenters. The highest BCUT2D eigenvalue weighted by Gasteiger charge is 2.23. The molecule has 4 heteroatoms. The van der Waals surface area contributed by atoms with Gasteiger partial charge in [-0.05, 0) is 37.0 Å². The first-order valence-electron chi connectivity index (χ1n) is 7.32. The molecule has 0 saturated heterocycles. The number of hydrogen-bond donors (Lipinski definition) is 2. The largest absolute Gasteiger partial charge is 0.507 e. The molecule has 2 unspecified atom stereocenters. The third-order valence-electron chi connectivity index (χ3n) is 4.14. The van der Waals surface area contributed by atoms with Crippen molar-refractivity contribution < 1.29 is 14.6 Å². The molecule has 0 spiro atoms. The number of methoxy groups -OCH3 is 1. The normalized spacial score (nSPS) is 22.3. The van der Waals surface area contributed by atoms with Gasteiger partial charge in [-0.25, -0.2) is 0 Å². The van der Waals surface area contributed by atoms with Crippen molar-refractivity contribution in [2.24, 2.45) is 5.92 Å². The van der Waals surface area contributed by atoms with Crippen LogP contribution in [0.15, 0.2) is 18.2 Å². The van der Waals surface area contributed by atoms with Gasteiger partial charge in [0.25, 0.3) is 5.91 Å². The van der Waals surface area contributed by atoms with E-state index >= 15 is 0 Å². The van der Waals surface area contributed by atoms with Crippen LogP contribution >= 0.6 is 0 Å². The van der Waals surface area contributed by atoms with Gasteiger partial charge in [-0.2, -0.15) is 0 Å². The molecule has 0 heterocycles. The number of hydrogen-bond acceptors (Lipinski definition) is 3. The summed E-state index contributed by atoms with van der Waals surface area (Å²) < 4.78 is 5.09. The molecule has 2 N–H and O–H groups in total. The summed E-state index contributed by atoms with van der Waals surface area (Å²) in [4.78, 5) is 12.3. The van der Waals surface area contributed by atoms with Gasteiger partial charge in [0.05, 0.1) is 12.7 Å². The second-order valence-electron chi connectivity index (χ2n) is 5.49. The second kappa shape index (κ2) is 6.64. The number of phenolic OH excluding ortho intramolecular Hbond substituents is 1. The first-order valence-corrected chi connectivity index (χ1v) is 7.32. The van der Waals surface area contributed by atoms with Crippen LogP contribution in [-0.2, 0) is 0 Å². The van der Waals surface area contributed by atoms with Gasteiger partial charge in [-0.1, -0.05) is 26.2 Å². The first-order chi connectivity index (χ1) is 9.63. The van der Waals surface area contributed by atoms with Crippen LogP contribution < -0.4 is 10.1 Å². The number of carbonyl (C=O) groups excluding carboxylic acids is 1. The van der Waals surface area contributed by atoms with Crippen molar-refractivity contribution in [3.63, 3.8) is 0 Å². The van der Waals surface area contributed by atoms with Crippen LogP contribution in [0.4, 0.5) is 0 Å². The van der Waals surface area contributed by atoms with E-state index in [0.717, 1.165) is 25.7 Å². The van der Waals surface area contributed by atoms with Gasteiger partial charge in [0.15, 0.2) is 0 Å². The minimum Gasteiger partial charge on any atom is -0.507 e. The van der Waals surface area contributed by atoms with E-state index in [9.17, 15) is 9.90 Å². The monoisotopic (exact) mass is 277 g/mol. The molecule has 0 aromatic heterocycles. The Balaban J connectivity index is 2.04. The minimum atomic E-state index is -0.219. The SMILES string of the molecule is CCC1CCCC(NC(=O)c2cc(OC)ccc2O)C1. The Hall–Kier alpha value is -1.71. The lowest BCUT2D eigenvalue weighted by Crippen LogP contribution is -2.38. The zero-order valence-corrected chi connectivity index (χ0v) is 12.2. The van der Waals surface area contributed by atoms with Crippen LogP contribution in [0, 0.1) is 5.92 Å². The summed E-state index contributed by atoms with van der Waals surface area (Å²) in [5.41, 5.74) is 0.281. The molecule has 1 aromatic carbocycles. The molecule has 20 heavy (non-hydrogen) atoms. The zero-order valence-electron chi connectivity index (χ0n) is 12.2. The number of amides is 1. The molecule has 0 aliphatic heterocycles. The highest BCUT2D eigenvalue weighted by molar-refractivity contribution is 5.97. The van der Waals surface area contributed by atoms with Crippen molar-refractivity contribution in [3.05, 3.63) is 23.8 Å². The molecular formula is C16H23NO3. The van der Waals surface area contributed by atoms with Crippen LogP contribution in [0.1, 0.15) is 49.4 Å². The van der Waals surface area contributed by atoms with Crippen LogP contribution in [0.5, 0.6) is 11.5 Å². The lowest BCUT2D eigenvalue weighted by atomic mass is 9.84. The van der Waals surface area contributed by atoms with Crippen molar-refractivity contribution >= 4 is 5.91 Å². The zero-order chi connectivity index (χ0) is 14.5. The molecule has 0 bridgehead atoms. The molecule has 1 aromatic rings. The molecule has 1 fully saturated rings. The molecule has 4 nitrogen and oxygen atoms in total. The molecule has 1 saturated carbocycles. The van der Waals surface area contributed by atoms with Crippen LogP contribution in [-0.4, -0.2) is 24.2 Å². The van der Waals surface area contributed by atoms with Gasteiger partial charge < -0.3 is 15.2 Å². The van der Waals surface area contributed by atoms with E-state index < -0.39 is 0 Å². The molecule has 1 amide bonds. The number of ether oxygens (including phenoxy) is 1. The van der Waals surface area contributed by atoms with Crippen LogP contribution in [0.3, 0.4) is 0 Å². The topological polar surface area (TPSA) is 58.6 Å². The Morgan fingerprint density at radius 3 is 2.95 bits per heavy atom. The van der Waals surface area contributed by atoms with E-state index in [1.165, 1.54) is 12.5 Å². The number of aromatic hydroxyl groups is 1. The van der Waals surface area contributed by atoms with Crippen molar-refractivity contribution in [3.8, 4) is 11.5 Å². The summed E-state index contributed by atoms with van der Waals surface area (Å²) in [6, 6.07) is 4.92. The average Bonchev–Trinajstić information content (AvgIpc) is 2.47. The maximum Gasteiger partial charge on any atom is 0.255 e. The molecule has 1 aliphatic carbocycles. The van der Waals surface area contributed by atoms with E-state index in [0.29, 0.717) is 11.7 Å². The smallest absolute Gasteiger partial charge is 0.255 e. The number of phenols is 1. The van der Waals surface area contributed by atoms with Gasteiger partial charge in [-0.15, -0.1) is 0 Å². The summed E-state index contributed by atoms with van der Waals surface area (Å²) in [6.07, 6.45) is 5.64. The average molecular weight is 277 g/mol. The quantitative estimate of drug-likeness (QED) is 0.889. The number of benzene rings is 1.